The van der Waals surface area contributed by atoms with Crippen LogP contribution in [0.15, 0.2) is 16.8 Å². The van der Waals surface area contributed by atoms with E-state index in [1.807, 2.05) is 16.8 Å². The van der Waals surface area contributed by atoms with Gasteiger partial charge in [0, 0.05) is 6.04 Å². The lowest BCUT2D eigenvalue weighted by atomic mass is 10.3. The van der Waals surface area contributed by atoms with Crippen molar-refractivity contribution in [3.05, 3.63) is 22.4 Å². The predicted octanol–water partition coefficient (Wildman–Crippen LogP) is 3.41. The Morgan fingerprint density at radius 2 is 2.22 bits per heavy atom. The Hall–Kier alpha value is -1.24. The summed E-state index contributed by atoms with van der Waals surface area (Å²) >= 11 is 1.48. The van der Waals surface area contributed by atoms with Gasteiger partial charge in [0.25, 0.3) is 0 Å². The molecule has 0 spiro atoms. The lowest BCUT2D eigenvalue weighted by Crippen LogP contribution is -2.35. The molecule has 0 atom stereocenters. The summed E-state index contributed by atoms with van der Waals surface area (Å²) in [6.45, 7) is -1.22. The topological polar surface area (TPSA) is 29.5 Å². The molecule has 1 saturated carbocycles. The molecule has 18 heavy (non-hydrogen) atoms. The molecule has 2 rings (SSSR count). The first-order valence-electron chi connectivity index (χ1n) is 5.47. The van der Waals surface area contributed by atoms with Gasteiger partial charge in [-0.2, -0.15) is 24.5 Å². The molecule has 0 aliphatic heterocycles. The fraction of sp³-hybridized carbons (Fsp3) is 0.545. The van der Waals surface area contributed by atoms with Gasteiger partial charge in [-0.25, -0.2) is 4.79 Å². The fourth-order valence-electron chi connectivity index (χ4n) is 1.53. The van der Waals surface area contributed by atoms with E-state index in [-0.39, 0.29) is 6.04 Å². The van der Waals surface area contributed by atoms with E-state index in [0.29, 0.717) is 6.54 Å². The van der Waals surface area contributed by atoms with E-state index < -0.39 is 18.9 Å². The highest BCUT2D eigenvalue weighted by Gasteiger charge is 2.36. The number of rotatable bonds is 4. The number of alkyl halides is 3. The van der Waals surface area contributed by atoms with Crippen LogP contribution in [-0.2, 0) is 11.3 Å². The van der Waals surface area contributed by atoms with Crippen molar-refractivity contribution in [2.45, 2.75) is 31.6 Å². The summed E-state index contributed by atoms with van der Waals surface area (Å²) in [4.78, 5) is 13.0. The molecule has 100 valence electrons. The van der Waals surface area contributed by atoms with E-state index in [9.17, 15) is 18.0 Å². The zero-order valence-corrected chi connectivity index (χ0v) is 10.3. The van der Waals surface area contributed by atoms with Crippen molar-refractivity contribution < 1.29 is 22.7 Å². The molecule has 0 N–H and O–H groups in total. The second-order valence-corrected chi connectivity index (χ2v) is 4.94. The highest BCUT2D eigenvalue weighted by Crippen LogP contribution is 2.29. The molecule has 1 heterocycles. The third-order valence-electron chi connectivity index (χ3n) is 2.51. The van der Waals surface area contributed by atoms with Crippen molar-refractivity contribution in [3.8, 4) is 0 Å². The van der Waals surface area contributed by atoms with Crippen LogP contribution in [0.4, 0.5) is 18.0 Å². The lowest BCUT2D eigenvalue weighted by Gasteiger charge is -2.21. The van der Waals surface area contributed by atoms with Gasteiger partial charge in [0.15, 0.2) is 6.61 Å². The van der Waals surface area contributed by atoms with Gasteiger partial charge in [-0.3, -0.25) is 0 Å². The average Bonchev–Trinajstić information content (AvgIpc) is 2.99. The summed E-state index contributed by atoms with van der Waals surface area (Å²) in [5, 5.41) is 3.73. The molecule has 1 aromatic heterocycles. The van der Waals surface area contributed by atoms with Gasteiger partial charge in [0.05, 0.1) is 6.54 Å². The first kappa shape index (κ1) is 13.2. The maximum absolute atomic E-state index is 12.0. The van der Waals surface area contributed by atoms with E-state index >= 15 is 0 Å². The molecule has 0 radical (unpaired) electrons. The summed E-state index contributed by atoms with van der Waals surface area (Å²) in [6.07, 6.45) is -3.72. The highest BCUT2D eigenvalue weighted by atomic mass is 32.1. The molecule has 0 saturated heterocycles. The number of ether oxygens (including phenoxy) is 1. The largest absolute Gasteiger partial charge is 0.440 e. The van der Waals surface area contributed by atoms with Crippen LogP contribution in [0, 0.1) is 0 Å². The van der Waals surface area contributed by atoms with E-state index in [1.54, 1.807) is 0 Å². The van der Waals surface area contributed by atoms with Gasteiger partial charge >= 0.3 is 12.3 Å². The van der Waals surface area contributed by atoms with Crippen LogP contribution in [0.5, 0.6) is 0 Å². The summed E-state index contributed by atoms with van der Waals surface area (Å²) in [7, 11) is 0. The number of carbonyl (C=O) groups is 1. The van der Waals surface area contributed by atoms with Crippen LogP contribution in [0.2, 0.25) is 0 Å². The van der Waals surface area contributed by atoms with E-state index in [4.69, 9.17) is 0 Å². The third kappa shape index (κ3) is 3.90. The summed E-state index contributed by atoms with van der Waals surface area (Å²) < 4.78 is 40.2. The van der Waals surface area contributed by atoms with Crippen molar-refractivity contribution in [1.29, 1.82) is 0 Å². The zero-order chi connectivity index (χ0) is 13.2. The maximum atomic E-state index is 12.0. The van der Waals surface area contributed by atoms with Crippen LogP contribution in [0.25, 0.3) is 0 Å². The molecule has 1 aromatic rings. The van der Waals surface area contributed by atoms with Crippen molar-refractivity contribution in [3.63, 3.8) is 0 Å². The van der Waals surface area contributed by atoms with Crippen molar-refractivity contribution in [2.24, 2.45) is 0 Å². The highest BCUT2D eigenvalue weighted by molar-refractivity contribution is 7.07. The second-order valence-electron chi connectivity index (χ2n) is 4.16. The summed E-state index contributed by atoms with van der Waals surface area (Å²) in [5.41, 5.74) is 0.913. The first-order chi connectivity index (χ1) is 8.46. The number of hydrogen-bond acceptors (Lipinski definition) is 3. The number of halogens is 3. The Balaban J connectivity index is 1.91. The zero-order valence-electron chi connectivity index (χ0n) is 9.44. The minimum atomic E-state index is -4.48. The van der Waals surface area contributed by atoms with Crippen LogP contribution in [0.3, 0.4) is 0 Å². The van der Waals surface area contributed by atoms with Gasteiger partial charge in [-0.05, 0) is 35.2 Å². The molecular formula is C11H12F3NO2S. The molecule has 1 aliphatic rings. The molecule has 3 nitrogen and oxygen atoms in total. The van der Waals surface area contributed by atoms with Gasteiger partial charge < -0.3 is 9.64 Å². The SMILES string of the molecule is O=C(OCC(F)(F)F)N(Cc1ccsc1)C1CC1. The maximum Gasteiger partial charge on any atom is 0.422 e. The standard InChI is InChI=1S/C11H12F3NO2S/c12-11(13,14)7-17-10(16)15(9-1-2-9)5-8-3-4-18-6-8/h3-4,6,9H,1-2,5,7H2. The number of amides is 1. The number of nitrogens with zero attached hydrogens (tertiary/aromatic N) is 1. The number of carbonyl (C=O) groups excluding carboxylic acids is 1. The molecule has 1 fully saturated rings. The van der Waals surface area contributed by atoms with Gasteiger partial charge in [-0.1, -0.05) is 0 Å². The van der Waals surface area contributed by atoms with Crippen LogP contribution in [0.1, 0.15) is 18.4 Å². The van der Waals surface area contributed by atoms with Gasteiger partial charge in [0.1, 0.15) is 0 Å². The Morgan fingerprint density at radius 3 is 2.72 bits per heavy atom. The quantitative estimate of drug-likeness (QED) is 0.845. The van der Waals surface area contributed by atoms with Gasteiger partial charge in [0.2, 0.25) is 0 Å². The minimum Gasteiger partial charge on any atom is -0.440 e. The normalized spacial score (nSPS) is 15.5. The lowest BCUT2D eigenvalue weighted by molar-refractivity contribution is -0.162. The minimum absolute atomic E-state index is 0.0191. The Morgan fingerprint density at radius 1 is 1.50 bits per heavy atom. The van der Waals surface area contributed by atoms with Crippen LogP contribution >= 0.6 is 11.3 Å². The number of thiophene rings is 1. The Bertz CT molecular complexity index is 401. The van der Waals surface area contributed by atoms with Crippen molar-refractivity contribution >= 4 is 17.4 Å². The van der Waals surface area contributed by atoms with E-state index in [0.717, 1.165) is 18.4 Å². The number of hydrogen-bond donors (Lipinski definition) is 0. The van der Waals surface area contributed by atoms with Crippen molar-refractivity contribution in [2.75, 3.05) is 6.61 Å². The van der Waals surface area contributed by atoms with Crippen LogP contribution in [-0.4, -0.2) is 29.8 Å². The molecule has 1 amide bonds. The fourth-order valence-corrected chi connectivity index (χ4v) is 2.19. The van der Waals surface area contributed by atoms with Crippen LogP contribution < -0.4 is 0 Å². The molecule has 7 heteroatoms. The molecule has 0 bridgehead atoms. The van der Waals surface area contributed by atoms with Crippen molar-refractivity contribution in [1.82, 2.24) is 4.90 Å². The molecule has 0 aromatic carbocycles. The van der Waals surface area contributed by atoms with E-state index in [2.05, 4.69) is 4.74 Å². The van der Waals surface area contributed by atoms with Gasteiger partial charge in [-0.15, -0.1) is 0 Å². The molecule has 0 unspecified atom stereocenters. The molecular weight excluding hydrogens is 267 g/mol. The third-order valence-corrected chi connectivity index (χ3v) is 3.25. The summed E-state index contributed by atoms with van der Waals surface area (Å²) in [6, 6.07) is 1.86. The Labute approximate surface area is 106 Å². The Kier molecular flexibility index (Phi) is 3.79. The average molecular weight is 279 g/mol. The molecule has 1 aliphatic carbocycles. The summed E-state index contributed by atoms with van der Waals surface area (Å²) in [5.74, 6) is 0. The first-order valence-corrected chi connectivity index (χ1v) is 6.41. The van der Waals surface area contributed by atoms with E-state index in [1.165, 1.54) is 16.2 Å². The monoisotopic (exact) mass is 279 g/mol. The smallest absolute Gasteiger partial charge is 0.422 e. The predicted molar refractivity (Wildman–Crippen MR) is 60.3 cm³/mol. The second kappa shape index (κ2) is 5.17.